The molecule has 0 aromatic heterocycles. The summed E-state index contributed by atoms with van der Waals surface area (Å²) in [4.78, 5) is 14.0. The average molecular weight is 307 g/mol. The zero-order chi connectivity index (χ0) is 15.6. The van der Waals surface area contributed by atoms with Gasteiger partial charge in [0, 0.05) is 38.6 Å². The summed E-state index contributed by atoms with van der Waals surface area (Å²) < 4.78 is 11.0. The molecule has 0 saturated carbocycles. The zero-order valence-electron chi connectivity index (χ0n) is 12.9. The van der Waals surface area contributed by atoms with Gasteiger partial charge in [0.25, 0.3) is 0 Å². The van der Waals surface area contributed by atoms with E-state index in [0.29, 0.717) is 52.4 Å². The van der Waals surface area contributed by atoms with E-state index in [1.807, 2.05) is 30.3 Å². The lowest BCUT2D eigenvalue weighted by atomic mass is 10.1. The molecule has 5 nitrogen and oxygen atoms in total. The van der Waals surface area contributed by atoms with Crippen molar-refractivity contribution < 1.29 is 19.4 Å². The maximum absolute atomic E-state index is 12.2. The smallest absolute Gasteiger partial charge is 0.222 e. The summed E-state index contributed by atoms with van der Waals surface area (Å²) in [5, 5.41) is 9.23. The van der Waals surface area contributed by atoms with Crippen molar-refractivity contribution in [3.63, 3.8) is 0 Å². The number of benzene rings is 1. The van der Waals surface area contributed by atoms with E-state index in [9.17, 15) is 9.90 Å². The number of hydrogen-bond donors (Lipinski definition) is 1. The van der Waals surface area contributed by atoms with Gasteiger partial charge in [-0.2, -0.15) is 0 Å². The third-order valence-corrected chi connectivity index (χ3v) is 3.74. The summed E-state index contributed by atoms with van der Waals surface area (Å²) in [6.07, 6.45) is 1.19. The van der Waals surface area contributed by atoms with E-state index >= 15 is 0 Å². The second-order valence-electron chi connectivity index (χ2n) is 5.61. The Morgan fingerprint density at radius 1 is 1.36 bits per heavy atom. The second-order valence-corrected chi connectivity index (χ2v) is 5.61. The molecule has 1 aliphatic heterocycles. The Morgan fingerprint density at radius 2 is 2.18 bits per heavy atom. The SMILES string of the molecule is O=C(CCCOCc1ccccc1)N1CCOCC(CO)C1. The van der Waals surface area contributed by atoms with Crippen molar-refractivity contribution in [3.05, 3.63) is 35.9 Å². The van der Waals surface area contributed by atoms with Crippen LogP contribution in [0.1, 0.15) is 18.4 Å². The van der Waals surface area contributed by atoms with Crippen molar-refractivity contribution >= 4 is 5.91 Å². The molecule has 1 amide bonds. The standard InChI is InChI=1S/C17H25NO4/c19-12-16-11-18(8-10-22-14-16)17(20)7-4-9-21-13-15-5-2-1-3-6-15/h1-3,5-6,16,19H,4,7-14H2. The number of hydrogen-bond acceptors (Lipinski definition) is 4. The second kappa shape index (κ2) is 9.56. The van der Waals surface area contributed by atoms with Gasteiger partial charge in [0.2, 0.25) is 5.91 Å². The van der Waals surface area contributed by atoms with Crippen molar-refractivity contribution in [2.75, 3.05) is 39.5 Å². The molecule has 1 heterocycles. The fourth-order valence-electron chi connectivity index (χ4n) is 2.47. The molecule has 0 spiro atoms. The maximum atomic E-state index is 12.2. The summed E-state index contributed by atoms with van der Waals surface area (Å²) in [5.41, 5.74) is 1.14. The number of aliphatic hydroxyl groups is 1. The highest BCUT2D eigenvalue weighted by molar-refractivity contribution is 5.76. The molecule has 1 N–H and O–H groups in total. The Hall–Kier alpha value is -1.43. The van der Waals surface area contributed by atoms with Crippen molar-refractivity contribution in [1.82, 2.24) is 4.90 Å². The summed E-state index contributed by atoms with van der Waals surface area (Å²) >= 11 is 0. The van der Waals surface area contributed by atoms with Crippen molar-refractivity contribution in [1.29, 1.82) is 0 Å². The minimum absolute atomic E-state index is 0.0285. The van der Waals surface area contributed by atoms with Gasteiger partial charge in [-0.3, -0.25) is 4.79 Å². The van der Waals surface area contributed by atoms with Gasteiger partial charge >= 0.3 is 0 Å². The molecule has 1 aromatic rings. The average Bonchev–Trinajstić information content (AvgIpc) is 2.81. The van der Waals surface area contributed by atoms with Gasteiger partial charge in [0.05, 0.1) is 19.8 Å². The fraction of sp³-hybridized carbons (Fsp3) is 0.588. The third kappa shape index (κ3) is 5.75. The van der Waals surface area contributed by atoms with Crippen LogP contribution in [0.2, 0.25) is 0 Å². The number of carbonyl (C=O) groups excluding carboxylic acids is 1. The number of aliphatic hydroxyl groups excluding tert-OH is 1. The van der Waals surface area contributed by atoms with Crippen LogP contribution in [0.3, 0.4) is 0 Å². The lowest BCUT2D eigenvalue weighted by Crippen LogP contribution is -2.36. The predicted molar refractivity (Wildman–Crippen MR) is 83.3 cm³/mol. The van der Waals surface area contributed by atoms with Crippen LogP contribution >= 0.6 is 0 Å². The number of amides is 1. The number of ether oxygens (including phenoxy) is 2. The van der Waals surface area contributed by atoms with Crippen molar-refractivity contribution in [3.8, 4) is 0 Å². The van der Waals surface area contributed by atoms with Crippen LogP contribution in [0.4, 0.5) is 0 Å². The van der Waals surface area contributed by atoms with E-state index in [1.165, 1.54) is 0 Å². The molecule has 0 bridgehead atoms. The molecule has 1 atom stereocenters. The Labute approximate surface area is 131 Å². The highest BCUT2D eigenvalue weighted by Crippen LogP contribution is 2.09. The van der Waals surface area contributed by atoms with E-state index in [-0.39, 0.29) is 18.4 Å². The minimum Gasteiger partial charge on any atom is -0.396 e. The van der Waals surface area contributed by atoms with E-state index in [2.05, 4.69) is 0 Å². The van der Waals surface area contributed by atoms with E-state index in [0.717, 1.165) is 5.56 Å². The highest BCUT2D eigenvalue weighted by atomic mass is 16.5. The van der Waals surface area contributed by atoms with Gasteiger partial charge in [0.15, 0.2) is 0 Å². The molecule has 1 aliphatic rings. The van der Waals surface area contributed by atoms with Gasteiger partial charge < -0.3 is 19.5 Å². The van der Waals surface area contributed by atoms with E-state index in [4.69, 9.17) is 9.47 Å². The summed E-state index contributed by atoms with van der Waals surface area (Å²) in [7, 11) is 0. The van der Waals surface area contributed by atoms with Crippen LogP contribution in [0.15, 0.2) is 30.3 Å². The van der Waals surface area contributed by atoms with Crippen molar-refractivity contribution in [2.24, 2.45) is 5.92 Å². The first-order valence-electron chi connectivity index (χ1n) is 7.87. The van der Waals surface area contributed by atoms with Gasteiger partial charge in [-0.05, 0) is 12.0 Å². The highest BCUT2D eigenvalue weighted by Gasteiger charge is 2.21. The van der Waals surface area contributed by atoms with Crippen LogP contribution < -0.4 is 0 Å². The first kappa shape index (κ1) is 16.9. The molecular formula is C17H25NO4. The lowest BCUT2D eigenvalue weighted by molar-refractivity contribution is -0.132. The summed E-state index contributed by atoms with van der Waals surface area (Å²) in [6.45, 7) is 3.49. The maximum Gasteiger partial charge on any atom is 0.222 e. The molecule has 1 aromatic carbocycles. The first-order valence-corrected chi connectivity index (χ1v) is 7.87. The lowest BCUT2D eigenvalue weighted by Gasteiger charge is -2.22. The fourth-order valence-corrected chi connectivity index (χ4v) is 2.47. The predicted octanol–water partition coefficient (Wildman–Crippen LogP) is 1.45. The molecule has 1 fully saturated rings. The molecule has 5 heteroatoms. The summed E-state index contributed by atoms with van der Waals surface area (Å²) in [6, 6.07) is 10.0. The molecule has 1 saturated heterocycles. The van der Waals surface area contributed by atoms with Crippen LogP contribution in [0.25, 0.3) is 0 Å². The van der Waals surface area contributed by atoms with Crippen LogP contribution in [-0.2, 0) is 20.9 Å². The zero-order valence-corrected chi connectivity index (χ0v) is 12.9. The minimum atomic E-state index is 0.0285. The molecule has 1 unspecified atom stereocenters. The largest absolute Gasteiger partial charge is 0.396 e. The Balaban J connectivity index is 1.62. The molecular weight excluding hydrogens is 282 g/mol. The Kier molecular flexibility index (Phi) is 7.36. The molecule has 22 heavy (non-hydrogen) atoms. The van der Waals surface area contributed by atoms with Gasteiger partial charge in [-0.25, -0.2) is 0 Å². The van der Waals surface area contributed by atoms with E-state index < -0.39 is 0 Å². The third-order valence-electron chi connectivity index (χ3n) is 3.74. The normalized spacial score (nSPS) is 19.0. The quantitative estimate of drug-likeness (QED) is 0.775. The number of rotatable bonds is 7. The van der Waals surface area contributed by atoms with Gasteiger partial charge in [-0.1, -0.05) is 30.3 Å². The van der Waals surface area contributed by atoms with Gasteiger partial charge in [0.1, 0.15) is 0 Å². The number of carbonyl (C=O) groups is 1. The molecule has 0 radical (unpaired) electrons. The van der Waals surface area contributed by atoms with Crippen LogP contribution in [-0.4, -0.2) is 55.4 Å². The van der Waals surface area contributed by atoms with Crippen molar-refractivity contribution in [2.45, 2.75) is 19.4 Å². The monoisotopic (exact) mass is 307 g/mol. The topological polar surface area (TPSA) is 59.0 Å². The van der Waals surface area contributed by atoms with Gasteiger partial charge in [-0.15, -0.1) is 0 Å². The molecule has 0 aliphatic carbocycles. The Morgan fingerprint density at radius 3 is 2.95 bits per heavy atom. The van der Waals surface area contributed by atoms with Crippen LogP contribution in [0.5, 0.6) is 0 Å². The summed E-state index contributed by atoms with van der Waals surface area (Å²) in [5.74, 6) is 0.146. The first-order chi connectivity index (χ1) is 10.8. The Bertz CT molecular complexity index is 438. The number of nitrogens with zero attached hydrogens (tertiary/aromatic N) is 1. The van der Waals surface area contributed by atoms with E-state index in [1.54, 1.807) is 4.90 Å². The molecule has 122 valence electrons. The molecule has 2 rings (SSSR count). The van der Waals surface area contributed by atoms with Crippen LogP contribution in [0, 0.1) is 5.92 Å².